The highest BCUT2D eigenvalue weighted by Gasteiger charge is 2.20. The average molecular weight is 435 g/mol. The molecular formula is C22H24Cl2N2O3. The van der Waals surface area contributed by atoms with Crippen molar-refractivity contribution in [3.63, 3.8) is 0 Å². The summed E-state index contributed by atoms with van der Waals surface area (Å²) in [6, 6.07) is 12.6. The standard InChI is InChI=1S/C22H24Cl2N2O3/c23-19-7-3-16(13-20(19)24)14-26-11-9-18(10-12-26)25-21(27)8-4-15-1-5-17(6-2-15)22(28)29/h1-3,5-7,13,18H,4,8-12,14H2,(H,25,27)(H,28,29). The highest BCUT2D eigenvalue weighted by Crippen LogP contribution is 2.24. The monoisotopic (exact) mass is 434 g/mol. The van der Waals surface area contributed by atoms with E-state index in [9.17, 15) is 9.59 Å². The number of hydrogen-bond acceptors (Lipinski definition) is 3. The summed E-state index contributed by atoms with van der Waals surface area (Å²) in [6.07, 6.45) is 2.83. The first-order valence-electron chi connectivity index (χ1n) is 9.68. The van der Waals surface area contributed by atoms with Gasteiger partial charge in [0.1, 0.15) is 0 Å². The Morgan fingerprint density at radius 1 is 1.00 bits per heavy atom. The van der Waals surface area contributed by atoms with Gasteiger partial charge in [-0.1, -0.05) is 41.4 Å². The molecule has 1 aliphatic heterocycles. The van der Waals surface area contributed by atoms with Gasteiger partial charge in [-0.05, 0) is 54.7 Å². The Bertz CT molecular complexity index is 863. The van der Waals surface area contributed by atoms with Crippen LogP contribution in [0.2, 0.25) is 10.0 Å². The number of carboxylic acids is 1. The molecule has 1 saturated heterocycles. The van der Waals surface area contributed by atoms with Crippen molar-refractivity contribution in [3.05, 3.63) is 69.2 Å². The number of rotatable bonds is 7. The maximum atomic E-state index is 12.3. The summed E-state index contributed by atoms with van der Waals surface area (Å²) in [6.45, 7) is 2.66. The van der Waals surface area contributed by atoms with Crippen LogP contribution in [0, 0.1) is 0 Å². The SMILES string of the molecule is O=C(CCc1ccc(C(=O)O)cc1)NC1CCN(Cc2ccc(Cl)c(Cl)c2)CC1. The highest BCUT2D eigenvalue weighted by atomic mass is 35.5. The minimum Gasteiger partial charge on any atom is -0.478 e. The third-order valence-corrected chi connectivity index (χ3v) is 5.92. The zero-order valence-electron chi connectivity index (χ0n) is 16.0. The van der Waals surface area contributed by atoms with E-state index in [0.29, 0.717) is 22.9 Å². The van der Waals surface area contributed by atoms with Crippen LogP contribution >= 0.6 is 23.2 Å². The number of amides is 1. The van der Waals surface area contributed by atoms with E-state index in [2.05, 4.69) is 10.2 Å². The second kappa shape index (κ2) is 10.1. The maximum absolute atomic E-state index is 12.3. The number of aromatic carboxylic acids is 1. The topological polar surface area (TPSA) is 69.6 Å². The van der Waals surface area contributed by atoms with E-state index >= 15 is 0 Å². The van der Waals surface area contributed by atoms with Crippen LogP contribution in [0.5, 0.6) is 0 Å². The molecule has 0 radical (unpaired) electrons. The number of aryl methyl sites for hydroxylation is 1. The van der Waals surface area contributed by atoms with Gasteiger partial charge in [0.05, 0.1) is 15.6 Å². The lowest BCUT2D eigenvalue weighted by Crippen LogP contribution is -2.44. The van der Waals surface area contributed by atoms with Crippen LogP contribution in [0.1, 0.15) is 40.7 Å². The third kappa shape index (κ3) is 6.46. The van der Waals surface area contributed by atoms with Gasteiger partial charge in [-0.2, -0.15) is 0 Å². The summed E-state index contributed by atoms with van der Waals surface area (Å²) in [7, 11) is 0. The molecule has 0 aromatic heterocycles. The highest BCUT2D eigenvalue weighted by molar-refractivity contribution is 6.42. The quantitative estimate of drug-likeness (QED) is 0.676. The molecule has 7 heteroatoms. The summed E-state index contributed by atoms with van der Waals surface area (Å²) in [5.74, 6) is -0.907. The molecular weight excluding hydrogens is 411 g/mol. The van der Waals surface area contributed by atoms with E-state index in [1.807, 2.05) is 18.2 Å². The van der Waals surface area contributed by atoms with E-state index in [0.717, 1.165) is 43.6 Å². The molecule has 0 aliphatic carbocycles. The summed E-state index contributed by atoms with van der Waals surface area (Å²) < 4.78 is 0. The largest absolute Gasteiger partial charge is 0.478 e. The lowest BCUT2D eigenvalue weighted by atomic mass is 10.0. The number of carboxylic acid groups (broad SMARTS) is 1. The molecule has 0 atom stereocenters. The molecule has 2 N–H and O–H groups in total. The number of nitrogens with zero attached hydrogens (tertiary/aromatic N) is 1. The second-order valence-electron chi connectivity index (χ2n) is 7.37. The molecule has 1 fully saturated rings. The Labute approximate surface area is 180 Å². The molecule has 0 bridgehead atoms. The maximum Gasteiger partial charge on any atom is 0.335 e. The van der Waals surface area contributed by atoms with Gasteiger partial charge in [-0.25, -0.2) is 4.79 Å². The van der Waals surface area contributed by atoms with Crippen LogP contribution in [-0.4, -0.2) is 41.0 Å². The number of nitrogens with one attached hydrogen (secondary N) is 1. The Kier molecular flexibility index (Phi) is 7.53. The van der Waals surface area contributed by atoms with Crippen molar-refractivity contribution in [2.45, 2.75) is 38.3 Å². The van der Waals surface area contributed by atoms with Gasteiger partial charge < -0.3 is 10.4 Å². The molecule has 154 valence electrons. The van der Waals surface area contributed by atoms with Crippen molar-refractivity contribution < 1.29 is 14.7 Å². The molecule has 0 saturated carbocycles. The number of piperidine rings is 1. The van der Waals surface area contributed by atoms with Crippen molar-refractivity contribution in [1.29, 1.82) is 0 Å². The first-order valence-corrected chi connectivity index (χ1v) is 10.4. The number of benzene rings is 2. The summed E-state index contributed by atoms with van der Waals surface area (Å²) in [5, 5.41) is 13.2. The average Bonchev–Trinajstić information content (AvgIpc) is 2.71. The molecule has 1 heterocycles. The molecule has 1 aliphatic rings. The molecule has 1 amide bonds. The third-order valence-electron chi connectivity index (χ3n) is 5.18. The van der Waals surface area contributed by atoms with E-state index in [-0.39, 0.29) is 17.5 Å². The number of likely N-dealkylation sites (tertiary alicyclic amines) is 1. The predicted octanol–water partition coefficient (Wildman–Crippen LogP) is 4.41. The number of halogens is 2. The fourth-order valence-electron chi connectivity index (χ4n) is 3.50. The van der Waals surface area contributed by atoms with Crippen molar-refractivity contribution in [2.75, 3.05) is 13.1 Å². The first-order chi connectivity index (χ1) is 13.9. The van der Waals surface area contributed by atoms with Crippen LogP contribution < -0.4 is 5.32 Å². The van der Waals surface area contributed by atoms with Gasteiger partial charge in [0.25, 0.3) is 0 Å². The van der Waals surface area contributed by atoms with Gasteiger partial charge in [0.15, 0.2) is 0 Å². The number of hydrogen-bond donors (Lipinski definition) is 2. The van der Waals surface area contributed by atoms with Crippen molar-refractivity contribution >= 4 is 35.1 Å². The zero-order chi connectivity index (χ0) is 20.8. The van der Waals surface area contributed by atoms with Gasteiger partial charge in [0.2, 0.25) is 5.91 Å². The minimum atomic E-state index is -0.945. The van der Waals surface area contributed by atoms with Gasteiger partial charge in [0, 0.05) is 32.1 Å². The van der Waals surface area contributed by atoms with Gasteiger partial charge in [-0.15, -0.1) is 0 Å². The van der Waals surface area contributed by atoms with Crippen LogP contribution in [0.3, 0.4) is 0 Å². The smallest absolute Gasteiger partial charge is 0.335 e. The van der Waals surface area contributed by atoms with E-state index in [1.165, 1.54) is 0 Å². The summed E-state index contributed by atoms with van der Waals surface area (Å²) >= 11 is 12.0. The molecule has 2 aromatic rings. The fraction of sp³-hybridized carbons (Fsp3) is 0.364. The van der Waals surface area contributed by atoms with Gasteiger partial charge >= 0.3 is 5.97 Å². The fourth-order valence-corrected chi connectivity index (χ4v) is 3.82. The number of carbonyl (C=O) groups excluding carboxylic acids is 1. The summed E-state index contributed by atoms with van der Waals surface area (Å²) in [4.78, 5) is 25.5. The van der Waals surface area contributed by atoms with Crippen LogP contribution in [0.4, 0.5) is 0 Å². The van der Waals surface area contributed by atoms with Crippen molar-refractivity contribution in [2.24, 2.45) is 0 Å². The normalized spacial score (nSPS) is 15.2. The zero-order valence-corrected chi connectivity index (χ0v) is 17.5. The van der Waals surface area contributed by atoms with Crippen molar-refractivity contribution in [1.82, 2.24) is 10.2 Å². The summed E-state index contributed by atoms with van der Waals surface area (Å²) in [5.41, 5.74) is 2.35. The Balaban J connectivity index is 1.39. The first kappa shape index (κ1) is 21.6. The number of carbonyl (C=O) groups is 2. The molecule has 0 spiro atoms. The minimum absolute atomic E-state index is 0.0373. The van der Waals surface area contributed by atoms with E-state index < -0.39 is 5.97 Å². The molecule has 0 unspecified atom stereocenters. The second-order valence-corrected chi connectivity index (χ2v) is 8.18. The van der Waals surface area contributed by atoms with Gasteiger partial charge in [-0.3, -0.25) is 9.69 Å². The molecule has 3 rings (SSSR count). The lowest BCUT2D eigenvalue weighted by molar-refractivity contribution is -0.122. The van der Waals surface area contributed by atoms with Crippen LogP contribution in [0.15, 0.2) is 42.5 Å². The van der Waals surface area contributed by atoms with E-state index in [4.69, 9.17) is 28.3 Å². The molecule has 5 nitrogen and oxygen atoms in total. The Hall–Kier alpha value is -2.08. The Morgan fingerprint density at radius 3 is 2.28 bits per heavy atom. The lowest BCUT2D eigenvalue weighted by Gasteiger charge is -2.32. The molecule has 29 heavy (non-hydrogen) atoms. The predicted molar refractivity (Wildman–Crippen MR) is 115 cm³/mol. The van der Waals surface area contributed by atoms with Crippen LogP contribution in [0.25, 0.3) is 0 Å². The Morgan fingerprint density at radius 2 is 1.66 bits per heavy atom. The molecule has 2 aromatic carbocycles. The van der Waals surface area contributed by atoms with E-state index in [1.54, 1.807) is 24.3 Å². The van der Waals surface area contributed by atoms with Crippen molar-refractivity contribution in [3.8, 4) is 0 Å². The van der Waals surface area contributed by atoms with Crippen LogP contribution in [-0.2, 0) is 17.8 Å².